The summed E-state index contributed by atoms with van der Waals surface area (Å²) in [4.78, 5) is 27.8. The van der Waals surface area contributed by atoms with Crippen LogP contribution in [-0.4, -0.2) is 14.1 Å². The monoisotopic (exact) mass is 251 g/mol. The lowest BCUT2D eigenvalue weighted by Crippen LogP contribution is -2.39. The molecule has 0 aromatic carbocycles. The minimum absolute atomic E-state index is 0.239. The van der Waals surface area contributed by atoms with Crippen LogP contribution < -0.4 is 11.2 Å². The number of aromatic nitrogens is 3. The van der Waals surface area contributed by atoms with E-state index >= 15 is 0 Å². The smallest absolute Gasteiger partial charge is 0.301 e. The first-order valence-electron chi connectivity index (χ1n) is 5.33. The molecular weight excluding hydrogens is 238 g/mol. The molecule has 6 heteroatoms. The standard InChI is InChI=1S/C11H13N3O2S/c1-3-13-5-4-10(15)14(11(13)16)6-9-7-17-8(2)12-9/h4-5,7H,3,6H2,1-2H3. The number of nitrogens with zero attached hydrogens (tertiary/aromatic N) is 3. The summed E-state index contributed by atoms with van der Waals surface area (Å²) in [5.74, 6) is 0. The van der Waals surface area contributed by atoms with Gasteiger partial charge in [-0.2, -0.15) is 0 Å². The van der Waals surface area contributed by atoms with E-state index in [1.54, 1.807) is 0 Å². The Morgan fingerprint density at radius 3 is 2.76 bits per heavy atom. The Hall–Kier alpha value is -1.69. The van der Waals surface area contributed by atoms with E-state index < -0.39 is 0 Å². The Balaban J connectivity index is 2.45. The molecule has 0 aliphatic carbocycles. The van der Waals surface area contributed by atoms with Crippen LogP contribution in [0.2, 0.25) is 0 Å². The minimum Gasteiger partial charge on any atom is -0.301 e. The molecule has 0 saturated heterocycles. The molecule has 2 heterocycles. The van der Waals surface area contributed by atoms with Gasteiger partial charge in [0.05, 0.1) is 17.2 Å². The zero-order valence-electron chi connectivity index (χ0n) is 9.71. The zero-order chi connectivity index (χ0) is 12.4. The maximum Gasteiger partial charge on any atom is 0.331 e. The van der Waals surface area contributed by atoms with Crippen LogP contribution in [0.5, 0.6) is 0 Å². The number of hydrogen-bond acceptors (Lipinski definition) is 4. The van der Waals surface area contributed by atoms with E-state index in [2.05, 4.69) is 4.98 Å². The van der Waals surface area contributed by atoms with Crippen molar-refractivity contribution >= 4 is 11.3 Å². The minimum atomic E-state index is -0.287. The second-order valence-electron chi connectivity index (χ2n) is 3.67. The number of aryl methyl sites for hydroxylation is 2. The van der Waals surface area contributed by atoms with Gasteiger partial charge in [0.1, 0.15) is 0 Å². The Morgan fingerprint density at radius 2 is 2.18 bits per heavy atom. The summed E-state index contributed by atoms with van der Waals surface area (Å²) < 4.78 is 2.71. The third-order valence-electron chi connectivity index (χ3n) is 2.47. The maximum atomic E-state index is 11.9. The molecule has 0 aliphatic heterocycles. The van der Waals surface area contributed by atoms with Gasteiger partial charge in [-0.05, 0) is 13.8 Å². The summed E-state index contributed by atoms with van der Waals surface area (Å²) >= 11 is 1.51. The van der Waals surface area contributed by atoms with E-state index in [4.69, 9.17) is 0 Å². The van der Waals surface area contributed by atoms with Crippen molar-refractivity contribution in [2.45, 2.75) is 26.9 Å². The number of thiazole rings is 1. The summed E-state index contributed by atoms with van der Waals surface area (Å²) in [5, 5.41) is 2.80. The van der Waals surface area contributed by atoms with E-state index in [-0.39, 0.29) is 17.8 Å². The van der Waals surface area contributed by atoms with Crippen LogP contribution in [0.1, 0.15) is 17.6 Å². The SMILES string of the molecule is CCn1ccc(=O)n(Cc2csc(C)n2)c1=O. The lowest BCUT2D eigenvalue weighted by atomic mass is 10.4. The van der Waals surface area contributed by atoms with Crippen molar-refractivity contribution in [2.75, 3.05) is 0 Å². The molecule has 5 nitrogen and oxygen atoms in total. The van der Waals surface area contributed by atoms with Crippen molar-refractivity contribution in [3.63, 3.8) is 0 Å². The van der Waals surface area contributed by atoms with Crippen molar-refractivity contribution in [3.05, 3.63) is 49.2 Å². The molecule has 17 heavy (non-hydrogen) atoms. The van der Waals surface area contributed by atoms with E-state index in [0.717, 1.165) is 10.7 Å². The maximum absolute atomic E-state index is 11.9. The topological polar surface area (TPSA) is 56.9 Å². The number of rotatable bonds is 3. The van der Waals surface area contributed by atoms with Crippen molar-refractivity contribution in [2.24, 2.45) is 0 Å². The van der Waals surface area contributed by atoms with Gasteiger partial charge >= 0.3 is 5.69 Å². The van der Waals surface area contributed by atoms with Crippen LogP contribution in [0.15, 0.2) is 27.2 Å². The highest BCUT2D eigenvalue weighted by atomic mass is 32.1. The van der Waals surface area contributed by atoms with Gasteiger partial charge in [-0.3, -0.25) is 9.36 Å². The lowest BCUT2D eigenvalue weighted by molar-refractivity contribution is 0.595. The first-order chi connectivity index (χ1) is 8.11. The van der Waals surface area contributed by atoms with Crippen LogP contribution in [0.25, 0.3) is 0 Å². The summed E-state index contributed by atoms with van der Waals surface area (Å²) in [6.45, 7) is 4.55. The van der Waals surface area contributed by atoms with Crippen LogP contribution in [-0.2, 0) is 13.1 Å². The van der Waals surface area contributed by atoms with Gasteiger partial charge in [0.2, 0.25) is 0 Å². The summed E-state index contributed by atoms with van der Waals surface area (Å²) in [6, 6.07) is 1.41. The number of hydrogen-bond donors (Lipinski definition) is 0. The molecule has 0 bridgehead atoms. The molecule has 0 spiro atoms. The quantitative estimate of drug-likeness (QED) is 0.812. The van der Waals surface area contributed by atoms with Gasteiger partial charge in [0.15, 0.2) is 0 Å². The van der Waals surface area contributed by atoms with Gasteiger partial charge in [-0.1, -0.05) is 0 Å². The molecule has 0 saturated carbocycles. The summed E-state index contributed by atoms with van der Waals surface area (Å²) in [7, 11) is 0. The molecule has 0 aliphatic rings. The highest BCUT2D eigenvalue weighted by Crippen LogP contribution is 2.07. The van der Waals surface area contributed by atoms with E-state index in [9.17, 15) is 9.59 Å². The van der Waals surface area contributed by atoms with Gasteiger partial charge in [0, 0.05) is 24.2 Å². The summed E-state index contributed by atoms with van der Waals surface area (Å²) in [6.07, 6.45) is 1.52. The summed E-state index contributed by atoms with van der Waals surface area (Å²) in [5.41, 5.74) is 0.177. The normalized spacial score (nSPS) is 10.7. The first kappa shape index (κ1) is 11.8. The van der Waals surface area contributed by atoms with Crippen molar-refractivity contribution in [1.29, 1.82) is 0 Å². The van der Waals surface area contributed by atoms with Gasteiger partial charge in [0.25, 0.3) is 5.56 Å². The van der Waals surface area contributed by atoms with Crippen LogP contribution in [0.4, 0.5) is 0 Å². The Kier molecular flexibility index (Phi) is 3.23. The average Bonchev–Trinajstić information content (AvgIpc) is 2.70. The van der Waals surface area contributed by atoms with E-state index in [1.807, 2.05) is 19.2 Å². The van der Waals surface area contributed by atoms with Gasteiger partial charge < -0.3 is 4.57 Å². The second-order valence-corrected chi connectivity index (χ2v) is 4.73. The Morgan fingerprint density at radius 1 is 1.41 bits per heavy atom. The van der Waals surface area contributed by atoms with Gasteiger partial charge in [-0.15, -0.1) is 11.3 Å². The molecule has 2 rings (SSSR count). The lowest BCUT2D eigenvalue weighted by Gasteiger charge is -2.06. The predicted octanol–water partition coefficient (Wildman–Crippen LogP) is 0.843. The average molecular weight is 251 g/mol. The van der Waals surface area contributed by atoms with E-state index in [1.165, 1.54) is 32.7 Å². The fourth-order valence-electron chi connectivity index (χ4n) is 1.59. The Bertz CT molecular complexity index is 639. The Labute approximate surface area is 102 Å². The molecular formula is C11H13N3O2S. The largest absolute Gasteiger partial charge is 0.331 e. The van der Waals surface area contributed by atoms with Crippen molar-refractivity contribution in [1.82, 2.24) is 14.1 Å². The zero-order valence-corrected chi connectivity index (χ0v) is 10.5. The fourth-order valence-corrected chi connectivity index (χ4v) is 2.19. The molecule has 0 atom stereocenters. The fraction of sp³-hybridized carbons (Fsp3) is 0.364. The molecule has 0 unspecified atom stereocenters. The second kappa shape index (κ2) is 4.67. The predicted molar refractivity (Wildman–Crippen MR) is 66.6 cm³/mol. The van der Waals surface area contributed by atoms with Gasteiger partial charge in [-0.25, -0.2) is 9.78 Å². The highest BCUT2D eigenvalue weighted by Gasteiger charge is 2.06. The molecule has 0 amide bonds. The molecule has 2 aromatic rings. The highest BCUT2D eigenvalue weighted by molar-refractivity contribution is 7.09. The van der Waals surface area contributed by atoms with Crippen LogP contribution >= 0.6 is 11.3 Å². The molecule has 0 radical (unpaired) electrons. The molecule has 2 aromatic heterocycles. The molecule has 90 valence electrons. The van der Waals surface area contributed by atoms with Crippen LogP contribution in [0, 0.1) is 6.92 Å². The molecule has 0 N–H and O–H groups in total. The third-order valence-corrected chi connectivity index (χ3v) is 3.29. The van der Waals surface area contributed by atoms with Crippen molar-refractivity contribution in [3.8, 4) is 0 Å². The third kappa shape index (κ3) is 2.36. The first-order valence-corrected chi connectivity index (χ1v) is 6.21. The van der Waals surface area contributed by atoms with E-state index in [0.29, 0.717) is 6.54 Å². The van der Waals surface area contributed by atoms with Crippen molar-refractivity contribution < 1.29 is 0 Å². The molecule has 0 fully saturated rings. The van der Waals surface area contributed by atoms with Crippen LogP contribution in [0.3, 0.4) is 0 Å².